The first-order valence-electron chi connectivity index (χ1n) is 5.60. The van der Waals surface area contributed by atoms with E-state index in [4.69, 9.17) is 40.5 Å². The maximum Gasteiger partial charge on any atom is 0.255 e. The van der Waals surface area contributed by atoms with Crippen LogP contribution in [-0.2, 0) is 0 Å². The first-order chi connectivity index (χ1) is 9.86. The molecule has 0 aliphatic rings. The van der Waals surface area contributed by atoms with Gasteiger partial charge in [0.25, 0.3) is 5.91 Å². The molecule has 2 aromatic rings. The van der Waals surface area contributed by atoms with Gasteiger partial charge < -0.3 is 11.1 Å². The minimum atomic E-state index is -0.689. The van der Waals surface area contributed by atoms with Crippen LogP contribution in [-0.4, -0.2) is 16.8 Å². The van der Waals surface area contributed by atoms with Crippen molar-refractivity contribution in [2.45, 2.75) is 0 Å². The number of halogens is 3. The molecule has 0 saturated carbocycles. The van der Waals surface area contributed by atoms with E-state index in [-0.39, 0.29) is 26.5 Å². The minimum absolute atomic E-state index is 0.0987. The van der Waals surface area contributed by atoms with Crippen molar-refractivity contribution in [1.29, 1.82) is 0 Å². The topological polar surface area (TPSA) is 85.1 Å². The summed E-state index contributed by atoms with van der Waals surface area (Å²) in [6, 6.07) is 7.12. The molecule has 0 atom stereocenters. The summed E-state index contributed by atoms with van der Waals surface area (Å²) >= 11 is 17.3. The molecule has 0 aliphatic heterocycles. The lowest BCUT2D eigenvalue weighted by molar-refractivity contribution is 0.0996. The number of carbonyl (C=O) groups is 2. The number of amides is 2. The van der Waals surface area contributed by atoms with Crippen molar-refractivity contribution in [3.63, 3.8) is 0 Å². The van der Waals surface area contributed by atoms with E-state index in [0.717, 1.165) is 0 Å². The average Bonchev–Trinajstić information content (AvgIpc) is 2.39. The van der Waals surface area contributed by atoms with Crippen LogP contribution in [0.2, 0.25) is 15.3 Å². The molecule has 0 spiro atoms. The number of primary amides is 1. The van der Waals surface area contributed by atoms with Gasteiger partial charge in [-0.05, 0) is 30.3 Å². The molecule has 0 bridgehead atoms. The zero-order chi connectivity index (χ0) is 15.6. The fraction of sp³-hybridized carbons (Fsp3) is 0. The molecule has 1 aromatic carbocycles. The van der Waals surface area contributed by atoms with Gasteiger partial charge in [-0.2, -0.15) is 0 Å². The molecule has 3 N–H and O–H groups in total. The number of hydrogen-bond acceptors (Lipinski definition) is 3. The second-order valence-electron chi connectivity index (χ2n) is 4.01. The van der Waals surface area contributed by atoms with Crippen LogP contribution in [0.4, 0.5) is 5.69 Å². The Kier molecular flexibility index (Phi) is 4.67. The Morgan fingerprint density at radius 2 is 1.67 bits per heavy atom. The predicted molar refractivity (Wildman–Crippen MR) is 82.2 cm³/mol. The lowest BCUT2D eigenvalue weighted by Gasteiger charge is -2.08. The molecule has 0 saturated heterocycles. The van der Waals surface area contributed by atoms with E-state index >= 15 is 0 Å². The fourth-order valence-corrected chi connectivity index (χ4v) is 2.26. The number of benzene rings is 1. The van der Waals surface area contributed by atoms with Gasteiger partial charge in [-0.3, -0.25) is 9.59 Å². The largest absolute Gasteiger partial charge is 0.366 e. The number of aromatic nitrogens is 1. The van der Waals surface area contributed by atoms with Crippen LogP contribution >= 0.6 is 34.8 Å². The highest BCUT2D eigenvalue weighted by Gasteiger charge is 2.12. The molecule has 5 nitrogen and oxygen atoms in total. The molecule has 21 heavy (non-hydrogen) atoms. The van der Waals surface area contributed by atoms with Crippen LogP contribution < -0.4 is 11.1 Å². The van der Waals surface area contributed by atoms with Crippen molar-refractivity contribution in [2.75, 3.05) is 5.32 Å². The highest BCUT2D eigenvalue weighted by atomic mass is 35.5. The summed E-state index contributed by atoms with van der Waals surface area (Å²) in [5.41, 5.74) is 5.89. The van der Waals surface area contributed by atoms with Gasteiger partial charge in [0.1, 0.15) is 10.3 Å². The number of carbonyl (C=O) groups excluding carboxylic acids is 2. The van der Waals surface area contributed by atoms with Crippen molar-refractivity contribution in [2.24, 2.45) is 5.73 Å². The smallest absolute Gasteiger partial charge is 0.255 e. The van der Waals surface area contributed by atoms with E-state index in [0.29, 0.717) is 5.69 Å². The van der Waals surface area contributed by atoms with E-state index in [1.54, 1.807) is 0 Å². The molecule has 0 aliphatic carbocycles. The number of pyridine rings is 1. The number of nitrogens with two attached hydrogens (primary N) is 1. The normalized spacial score (nSPS) is 10.2. The fourth-order valence-electron chi connectivity index (χ4n) is 1.59. The van der Waals surface area contributed by atoms with E-state index in [2.05, 4.69) is 10.3 Å². The third-order valence-corrected chi connectivity index (χ3v) is 3.23. The minimum Gasteiger partial charge on any atom is -0.366 e. The number of nitrogens with zero attached hydrogens (tertiary/aromatic N) is 1. The number of nitrogens with one attached hydrogen (secondary N) is 1. The number of hydrogen-bond donors (Lipinski definition) is 2. The molecule has 108 valence electrons. The summed E-state index contributed by atoms with van der Waals surface area (Å²) in [6.45, 7) is 0. The molecule has 0 fully saturated rings. The molecule has 0 radical (unpaired) electrons. The van der Waals surface area contributed by atoms with Gasteiger partial charge in [-0.15, -0.1) is 0 Å². The van der Waals surface area contributed by atoms with Crippen LogP contribution in [0.5, 0.6) is 0 Å². The third kappa shape index (κ3) is 3.85. The second-order valence-corrected chi connectivity index (χ2v) is 5.20. The summed E-state index contributed by atoms with van der Waals surface area (Å²) in [5, 5.41) is 2.99. The number of rotatable bonds is 3. The summed E-state index contributed by atoms with van der Waals surface area (Å²) in [6.07, 6.45) is 0. The Labute approximate surface area is 135 Å². The third-order valence-electron chi connectivity index (χ3n) is 2.51. The molecule has 2 amide bonds. The second kappa shape index (κ2) is 6.30. The maximum absolute atomic E-state index is 12.1. The van der Waals surface area contributed by atoms with Gasteiger partial charge in [-0.1, -0.05) is 34.8 Å². The Balaban J connectivity index is 2.27. The Bertz CT molecular complexity index is 714. The van der Waals surface area contributed by atoms with E-state index < -0.39 is 11.8 Å². The Morgan fingerprint density at radius 3 is 2.24 bits per heavy atom. The Morgan fingerprint density at radius 1 is 1.05 bits per heavy atom. The monoisotopic (exact) mass is 343 g/mol. The van der Waals surface area contributed by atoms with Gasteiger partial charge in [-0.25, -0.2) is 4.98 Å². The van der Waals surface area contributed by atoms with Gasteiger partial charge in [0.15, 0.2) is 0 Å². The maximum atomic E-state index is 12.1. The summed E-state index contributed by atoms with van der Waals surface area (Å²) in [5.74, 6) is -1.15. The molecule has 2 rings (SSSR count). The van der Waals surface area contributed by atoms with Gasteiger partial charge in [0.2, 0.25) is 5.91 Å². The van der Waals surface area contributed by atoms with Crippen molar-refractivity contribution in [3.05, 3.63) is 56.8 Å². The van der Waals surface area contributed by atoms with E-state index in [1.165, 1.54) is 30.3 Å². The SMILES string of the molecule is NC(=O)c1cc(NC(=O)c2cc(Cl)nc(Cl)c2)ccc1Cl. The van der Waals surface area contributed by atoms with Crippen molar-refractivity contribution >= 4 is 52.3 Å². The van der Waals surface area contributed by atoms with E-state index in [1.807, 2.05) is 0 Å². The lowest BCUT2D eigenvalue weighted by atomic mass is 10.1. The zero-order valence-electron chi connectivity index (χ0n) is 10.4. The van der Waals surface area contributed by atoms with Gasteiger partial charge in [0.05, 0.1) is 10.6 Å². The van der Waals surface area contributed by atoms with Crippen molar-refractivity contribution < 1.29 is 9.59 Å². The van der Waals surface area contributed by atoms with Gasteiger partial charge >= 0.3 is 0 Å². The summed E-state index contributed by atoms with van der Waals surface area (Å²) < 4.78 is 0. The molecule has 1 aromatic heterocycles. The van der Waals surface area contributed by atoms with Crippen LogP contribution in [0, 0.1) is 0 Å². The van der Waals surface area contributed by atoms with Crippen LogP contribution in [0.1, 0.15) is 20.7 Å². The van der Waals surface area contributed by atoms with Crippen LogP contribution in [0.25, 0.3) is 0 Å². The highest BCUT2D eigenvalue weighted by Crippen LogP contribution is 2.21. The molecule has 1 heterocycles. The zero-order valence-corrected chi connectivity index (χ0v) is 12.6. The molecular weight excluding hydrogens is 337 g/mol. The standard InChI is InChI=1S/C13H8Cl3N3O2/c14-9-2-1-7(5-8(9)12(17)20)18-13(21)6-3-10(15)19-11(16)4-6/h1-5H,(H2,17,20)(H,18,21). The first-order valence-corrected chi connectivity index (χ1v) is 6.74. The summed E-state index contributed by atoms with van der Waals surface area (Å²) in [7, 11) is 0. The van der Waals surface area contributed by atoms with Crippen molar-refractivity contribution in [3.8, 4) is 0 Å². The average molecular weight is 345 g/mol. The lowest BCUT2D eigenvalue weighted by Crippen LogP contribution is -2.15. The Hall–Kier alpha value is -1.82. The number of anilines is 1. The van der Waals surface area contributed by atoms with Crippen LogP contribution in [0.15, 0.2) is 30.3 Å². The first kappa shape index (κ1) is 15.6. The van der Waals surface area contributed by atoms with Crippen LogP contribution in [0.3, 0.4) is 0 Å². The van der Waals surface area contributed by atoms with Crippen molar-refractivity contribution in [1.82, 2.24) is 4.98 Å². The molecule has 0 unspecified atom stereocenters. The highest BCUT2D eigenvalue weighted by molar-refractivity contribution is 6.34. The molecular formula is C13H8Cl3N3O2. The van der Waals surface area contributed by atoms with E-state index in [9.17, 15) is 9.59 Å². The predicted octanol–water partition coefficient (Wildman–Crippen LogP) is 3.39. The van der Waals surface area contributed by atoms with Gasteiger partial charge in [0, 0.05) is 11.3 Å². The summed E-state index contributed by atoms with van der Waals surface area (Å²) in [4.78, 5) is 27.0. The quantitative estimate of drug-likeness (QED) is 0.837. The molecule has 8 heteroatoms.